The van der Waals surface area contributed by atoms with E-state index in [0.717, 1.165) is 50.5 Å². The van der Waals surface area contributed by atoms with Crippen LogP contribution in [0.4, 0.5) is 5.13 Å². The number of carboxylic acid groups (broad SMARTS) is 1. The predicted octanol–water partition coefficient (Wildman–Crippen LogP) is -0.769. The van der Waals surface area contributed by atoms with Crippen molar-refractivity contribution in [2.45, 2.75) is 29.5 Å². The summed E-state index contributed by atoms with van der Waals surface area (Å²) < 4.78 is 1.73. The first-order chi connectivity index (χ1) is 20.3. The number of carboxylic acids is 1. The number of likely N-dealkylation sites (N-methyl/N-ethyl adjacent to an activating group) is 1. The van der Waals surface area contributed by atoms with Crippen LogP contribution in [0.1, 0.15) is 12.1 Å². The van der Waals surface area contributed by atoms with Gasteiger partial charge in [-0.2, -0.15) is 0 Å². The molecule has 2 amide bonds. The monoisotopic (exact) mass is 637 g/mol. The number of nitrogens with one attached hydrogen (secondary N) is 1. The molecule has 5 heterocycles. The standard InChI is InChI=1S/C23H31N11O5S3/c1-31-6-8-32(9-7-31)4-3-5-33-23(27-29-30-33)42-11-13-10-40-20-16(19(36)34(20)17(13)21(37)38)26-18(35)15(28-39-2)14-12-41-22(24)25-14/h12,16,20H,3-11H2,1-2H3,(H2,24,25)(H,26,35)(H,37,38)/b28-15+/t16?,20-/m1/s1. The molecule has 0 bridgehead atoms. The number of aromatic nitrogens is 5. The molecule has 1 unspecified atom stereocenters. The van der Waals surface area contributed by atoms with Crippen molar-refractivity contribution in [2.75, 3.05) is 64.1 Å². The van der Waals surface area contributed by atoms with Crippen molar-refractivity contribution < 1.29 is 24.3 Å². The van der Waals surface area contributed by atoms with Gasteiger partial charge in [0.25, 0.3) is 11.8 Å². The number of oxime groups is 1. The van der Waals surface area contributed by atoms with E-state index >= 15 is 0 Å². The van der Waals surface area contributed by atoms with Crippen LogP contribution in [0.5, 0.6) is 0 Å². The fraction of sp³-hybridized carbons (Fsp3) is 0.565. The van der Waals surface area contributed by atoms with E-state index in [1.165, 1.54) is 35.5 Å². The third-order valence-electron chi connectivity index (χ3n) is 7.01. The van der Waals surface area contributed by atoms with Crippen molar-refractivity contribution in [3.8, 4) is 0 Å². The average molecular weight is 638 g/mol. The summed E-state index contributed by atoms with van der Waals surface area (Å²) in [6, 6.07) is -0.934. The van der Waals surface area contributed by atoms with Gasteiger partial charge in [-0.1, -0.05) is 16.9 Å². The van der Waals surface area contributed by atoms with Gasteiger partial charge in [-0.15, -0.1) is 28.2 Å². The largest absolute Gasteiger partial charge is 0.477 e. The number of carbonyl (C=O) groups excluding carboxylic acids is 2. The highest BCUT2D eigenvalue weighted by molar-refractivity contribution is 8.01. The second-order valence-electron chi connectivity index (χ2n) is 9.78. The Balaban J connectivity index is 1.20. The highest BCUT2D eigenvalue weighted by Gasteiger charge is 2.54. The molecule has 2 aromatic rings. The third kappa shape index (κ3) is 6.54. The summed E-state index contributed by atoms with van der Waals surface area (Å²) in [7, 11) is 3.41. The first kappa shape index (κ1) is 30.2. The van der Waals surface area contributed by atoms with Crippen LogP contribution in [0, 0.1) is 0 Å². The molecule has 226 valence electrons. The number of hydrogen-bond acceptors (Lipinski definition) is 15. The number of nitrogens with two attached hydrogens (primary N) is 1. The van der Waals surface area contributed by atoms with Gasteiger partial charge in [0.15, 0.2) is 10.8 Å². The van der Waals surface area contributed by atoms with Crippen LogP contribution < -0.4 is 11.1 Å². The lowest BCUT2D eigenvalue weighted by Crippen LogP contribution is -2.71. The number of tetrazole rings is 1. The molecule has 2 aromatic heterocycles. The second-order valence-corrected chi connectivity index (χ2v) is 12.7. The molecule has 0 saturated carbocycles. The van der Waals surface area contributed by atoms with Crippen molar-refractivity contribution in [1.82, 2.24) is 45.2 Å². The Labute approximate surface area is 253 Å². The number of thiazole rings is 1. The van der Waals surface area contributed by atoms with Gasteiger partial charge < -0.3 is 30.8 Å². The van der Waals surface area contributed by atoms with E-state index in [4.69, 9.17) is 10.6 Å². The zero-order valence-corrected chi connectivity index (χ0v) is 25.5. The number of amides is 2. The van der Waals surface area contributed by atoms with Crippen LogP contribution >= 0.6 is 34.9 Å². The number of rotatable bonds is 12. The fourth-order valence-corrected chi connectivity index (χ4v) is 7.74. The molecule has 5 rings (SSSR count). The van der Waals surface area contributed by atoms with Crippen molar-refractivity contribution in [2.24, 2.45) is 5.16 Å². The number of anilines is 1. The molecule has 0 aromatic carbocycles. The summed E-state index contributed by atoms with van der Waals surface area (Å²) >= 11 is 3.84. The first-order valence-corrected chi connectivity index (χ1v) is 16.0. The number of thioether (sulfide) groups is 2. The topological polar surface area (TPSA) is 197 Å². The van der Waals surface area contributed by atoms with Crippen LogP contribution in [0.25, 0.3) is 0 Å². The Hall–Kier alpha value is -3.26. The van der Waals surface area contributed by atoms with Crippen LogP contribution in [0.2, 0.25) is 0 Å². The van der Waals surface area contributed by atoms with Crippen molar-refractivity contribution in [1.29, 1.82) is 0 Å². The molecule has 3 aliphatic rings. The maximum Gasteiger partial charge on any atom is 0.352 e. The summed E-state index contributed by atoms with van der Waals surface area (Å²) in [5.74, 6) is -1.74. The molecule has 2 fully saturated rings. The van der Waals surface area contributed by atoms with E-state index < -0.39 is 29.2 Å². The summed E-state index contributed by atoms with van der Waals surface area (Å²) in [5, 5.41) is 30.2. The second kappa shape index (κ2) is 13.4. The summed E-state index contributed by atoms with van der Waals surface area (Å²) in [6.07, 6.45) is 0.894. The highest BCUT2D eigenvalue weighted by Crippen LogP contribution is 2.41. The van der Waals surface area contributed by atoms with Crippen LogP contribution in [-0.2, 0) is 25.8 Å². The van der Waals surface area contributed by atoms with Crippen molar-refractivity contribution in [3.63, 3.8) is 0 Å². The Morgan fingerprint density at radius 2 is 2.07 bits per heavy atom. The Morgan fingerprint density at radius 3 is 2.76 bits per heavy atom. The normalized spacial score (nSPS) is 21.7. The number of carbonyl (C=O) groups is 3. The van der Waals surface area contributed by atoms with Gasteiger partial charge in [0.1, 0.15) is 29.9 Å². The molecular formula is C23H31N11O5S3. The number of aliphatic carboxylic acids is 1. The molecule has 42 heavy (non-hydrogen) atoms. The number of aryl methyl sites for hydroxylation is 1. The summed E-state index contributed by atoms with van der Waals surface area (Å²) in [6.45, 7) is 5.81. The van der Waals surface area contributed by atoms with Crippen LogP contribution in [0.15, 0.2) is 27.0 Å². The van der Waals surface area contributed by atoms with E-state index in [9.17, 15) is 19.5 Å². The van der Waals surface area contributed by atoms with Gasteiger partial charge >= 0.3 is 5.97 Å². The van der Waals surface area contributed by atoms with Crippen molar-refractivity contribution in [3.05, 3.63) is 22.3 Å². The Bertz CT molecular complexity index is 1390. The lowest BCUT2D eigenvalue weighted by molar-refractivity contribution is -0.150. The molecule has 19 heteroatoms. The SMILES string of the molecule is CO/N=C(/C(=O)NC1C(=O)N2C(C(=O)O)=C(CSc3nnnn3CCCN3CCN(C)CC3)CS[C@H]12)c1csc(N)n1. The molecule has 2 saturated heterocycles. The molecule has 0 spiro atoms. The summed E-state index contributed by atoms with van der Waals surface area (Å²) in [5.41, 5.74) is 6.26. The molecule has 3 aliphatic heterocycles. The van der Waals surface area contributed by atoms with E-state index in [-0.39, 0.29) is 22.2 Å². The molecule has 4 N–H and O–H groups in total. The smallest absolute Gasteiger partial charge is 0.352 e. The molecule has 16 nitrogen and oxygen atoms in total. The molecule has 0 radical (unpaired) electrons. The fourth-order valence-electron chi connectivity index (χ4n) is 4.80. The minimum Gasteiger partial charge on any atom is -0.477 e. The lowest BCUT2D eigenvalue weighted by Gasteiger charge is -2.49. The molecule has 2 atom stereocenters. The number of fused-ring (bicyclic) bond motifs is 1. The lowest BCUT2D eigenvalue weighted by atomic mass is 10.0. The maximum atomic E-state index is 13.1. The quantitative estimate of drug-likeness (QED) is 0.113. The molecule has 0 aliphatic carbocycles. The third-order valence-corrected chi connectivity index (χ3v) is 10.1. The van der Waals surface area contributed by atoms with Gasteiger partial charge in [0.2, 0.25) is 5.16 Å². The minimum absolute atomic E-state index is 0.0751. The molecular weight excluding hydrogens is 607 g/mol. The highest BCUT2D eigenvalue weighted by atomic mass is 32.2. The van der Waals surface area contributed by atoms with E-state index in [2.05, 4.69) is 47.8 Å². The van der Waals surface area contributed by atoms with Gasteiger partial charge in [0, 0.05) is 56.2 Å². The maximum absolute atomic E-state index is 13.1. The number of hydrogen-bond donors (Lipinski definition) is 3. The van der Waals surface area contributed by atoms with Gasteiger partial charge in [-0.3, -0.25) is 14.5 Å². The number of nitrogens with zero attached hydrogens (tertiary/aromatic N) is 9. The van der Waals surface area contributed by atoms with Crippen LogP contribution in [0.3, 0.4) is 0 Å². The zero-order valence-electron chi connectivity index (χ0n) is 23.0. The van der Waals surface area contributed by atoms with Crippen LogP contribution in [-0.4, -0.2) is 138 Å². The Kier molecular flexibility index (Phi) is 9.61. The first-order valence-electron chi connectivity index (χ1n) is 13.1. The number of piperazine rings is 1. The Morgan fingerprint density at radius 1 is 1.29 bits per heavy atom. The number of β-lactam (4-membered cyclic amide) rings is 1. The van der Waals surface area contributed by atoms with Gasteiger partial charge in [0.05, 0.1) is 0 Å². The zero-order chi connectivity index (χ0) is 29.8. The van der Waals surface area contributed by atoms with Gasteiger partial charge in [-0.05, 0) is 29.5 Å². The predicted molar refractivity (Wildman–Crippen MR) is 157 cm³/mol. The average Bonchev–Trinajstić information content (AvgIpc) is 3.62. The minimum atomic E-state index is -1.21. The van der Waals surface area contributed by atoms with E-state index in [0.29, 0.717) is 28.8 Å². The van der Waals surface area contributed by atoms with E-state index in [1.807, 2.05) is 0 Å². The van der Waals surface area contributed by atoms with Crippen molar-refractivity contribution >= 4 is 63.5 Å². The summed E-state index contributed by atoms with van der Waals surface area (Å²) in [4.78, 5) is 53.2. The number of nitrogen functional groups attached to an aromatic ring is 1. The van der Waals surface area contributed by atoms with Gasteiger partial charge in [-0.25, -0.2) is 14.5 Å². The van der Waals surface area contributed by atoms with E-state index in [1.54, 1.807) is 10.1 Å².